The lowest BCUT2D eigenvalue weighted by Crippen LogP contribution is -2.15. The summed E-state index contributed by atoms with van der Waals surface area (Å²) in [6.07, 6.45) is 0.948. The van der Waals surface area contributed by atoms with E-state index >= 15 is 0 Å². The number of fused-ring (bicyclic) bond motifs is 1. The highest BCUT2D eigenvalue weighted by Gasteiger charge is 2.15. The third-order valence-corrected chi connectivity index (χ3v) is 4.09. The standard InChI is InChI=1S/C20H25N3O2/c1-14-9-10-16-17(13-14)22-20(21-16)15-7-5-8-18(24-4)19(15)25-12-6-11-23(2)3/h5,7-10,13H,6,11-12H2,1-4H3,(H,21,22). The van der Waals surface area contributed by atoms with E-state index in [1.54, 1.807) is 7.11 Å². The third kappa shape index (κ3) is 3.94. The van der Waals surface area contributed by atoms with Gasteiger partial charge in [-0.2, -0.15) is 0 Å². The second-order valence-electron chi connectivity index (χ2n) is 6.45. The zero-order valence-electron chi connectivity index (χ0n) is 15.3. The van der Waals surface area contributed by atoms with Crippen molar-refractivity contribution in [2.24, 2.45) is 0 Å². The molecule has 0 saturated carbocycles. The quantitative estimate of drug-likeness (QED) is 0.664. The maximum atomic E-state index is 6.07. The average molecular weight is 339 g/mol. The lowest BCUT2D eigenvalue weighted by Gasteiger charge is -2.15. The van der Waals surface area contributed by atoms with Gasteiger partial charge in [-0.05, 0) is 57.3 Å². The molecule has 3 rings (SSSR count). The maximum absolute atomic E-state index is 6.07. The Morgan fingerprint density at radius 2 is 2.00 bits per heavy atom. The van der Waals surface area contributed by atoms with Gasteiger partial charge in [0.05, 0.1) is 30.3 Å². The van der Waals surface area contributed by atoms with Gasteiger partial charge in [0, 0.05) is 6.54 Å². The summed E-state index contributed by atoms with van der Waals surface area (Å²) in [5.74, 6) is 2.25. The van der Waals surface area contributed by atoms with Crippen molar-refractivity contribution in [1.29, 1.82) is 0 Å². The fraction of sp³-hybridized carbons (Fsp3) is 0.350. The van der Waals surface area contributed by atoms with Gasteiger partial charge in [0.2, 0.25) is 0 Å². The molecule has 0 spiro atoms. The minimum absolute atomic E-state index is 0.630. The lowest BCUT2D eigenvalue weighted by molar-refractivity contribution is 0.269. The van der Waals surface area contributed by atoms with Gasteiger partial charge in [0.25, 0.3) is 0 Å². The fourth-order valence-corrected chi connectivity index (χ4v) is 2.82. The van der Waals surface area contributed by atoms with E-state index in [4.69, 9.17) is 14.5 Å². The highest BCUT2D eigenvalue weighted by molar-refractivity contribution is 5.82. The molecule has 132 valence electrons. The number of rotatable bonds is 7. The molecular formula is C20H25N3O2. The van der Waals surface area contributed by atoms with Gasteiger partial charge in [0.1, 0.15) is 5.82 Å². The van der Waals surface area contributed by atoms with Crippen molar-refractivity contribution in [3.8, 4) is 22.9 Å². The van der Waals surface area contributed by atoms with Crippen LogP contribution in [0.15, 0.2) is 36.4 Å². The van der Waals surface area contributed by atoms with Crippen LogP contribution in [-0.4, -0.2) is 49.2 Å². The third-order valence-electron chi connectivity index (χ3n) is 4.09. The van der Waals surface area contributed by atoms with Crippen LogP contribution in [-0.2, 0) is 0 Å². The molecule has 3 aromatic rings. The highest BCUT2D eigenvalue weighted by Crippen LogP contribution is 2.37. The Bertz CT molecular complexity index is 855. The van der Waals surface area contributed by atoms with Gasteiger partial charge in [-0.25, -0.2) is 4.98 Å². The minimum atomic E-state index is 0.630. The van der Waals surface area contributed by atoms with E-state index in [1.165, 1.54) is 5.56 Å². The monoisotopic (exact) mass is 339 g/mol. The lowest BCUT2D eigenvalue weighted by atomic mass is 10.1. The summed E-state index contributed by atoms with van der Waals surface area (Å²) in [5, 5.41) is 0. The average Bonchev–Trinajstić information content (AvgIpc) is 3.01. The Morgan fingerprint density at radius 3 is 2.76 bits per heavy atom. The van der Waals surface area contributed by atoms with Crippen molar-refractivity contribution in [2.45, 2.75) is 13.3 Å². The molecule has 0 saturated heterocycles. The van der Waals surface area contributed by atoms with Gasteiger partial charge in [0.15, 0.2) is 11.5 Å². The van der Waals surface area contributed by atoms with Crippen molar-refractivity contribution < 1.29 is 9.47 Å². The highest BCUT2D eigenvalue weighted by atomic mass is 16.5. The Balaban J connectivity index is 1.93. The summed E-state index contributed by atoms with van der Waals surface area (Å²) < 4.78 is 11.6. The molecule has 0 radical (unpaired) electrons. The van der Waals surface area contributed by atoms with Crippen LogP contribution in [0.4, 0.5) is 0 Å². The number of imidazole rings is 1. The first-order valence-corrected chi connectivity index (χ1v) is 8.50. The number of aromatic nitrogens is 2. The van der Waals surface area contributed by atoms with Crippen molar-refractivity contribution >= 4 is 11.0 Å². The predicted octanol–water partition coefficient (Wildman–Crippen LogP) is 3.88. The topological polar surface area (TPSA) is 50.4 Å². The van der Waals surface area contributed by atoms with Gasteiger partial charge in [-0.1, -0.05) is 12.1 Å². The molecule has 5 nitrogen and oxygen atoms in total. The number of nitrogens with one attached hydrogen (secondary N) is 1. The number of benzene rings is 2. The summed E-state index contributed by atoms with van der Waals surface area (Å²) in [7, 11) is 5.78. The largest absolute Gasteiger partial charge is 0.493 e. The Kier molecular flexibility index (Phi) is 5.24. The van der Waals surface area contributed by atoms with E-state index in [2.05, 4.69) is 43.0 Å². The minimum Gasteiger partial charge on any atom is -0.493 e. The smallest absolute Gasteiger partial charge is 0.172 e. The van der Waals surface area contributed by atoms with Gasteiger partial charge in [-0.15, -0.1) is 0 Å². The molecular weight excluding hydrogens is 314 g/mol. The van der Waals surface area contributed by atoms with Crippen molar-refractivity contribution in [1.82, 2.24) is 14.9 Å². The second-order valence-corrected chi connectivity index (χ2v) is 6.45. The van der Waals surface area contributed by atoms with Crippen LogP contribution in [0.25, 0.3) is 22.4 Å². The Hall–Kier alpha value is -2.53. The van der Waals surface area contributed by atoms with Crippen LogP contribution in [0, 0.1) is 6.92 Å². The van der Waals surface area contributed by atoms with Crippen molar-refractivity contribution in [2.75, 3.05) is 34.4 Å². The molecule has 0 aliphatic carbocycles. The molecule has 0 amide bonds. The number of aromatic amines is 1. The fourth-order valence-electron chi connectivity index (χ4n) is 2.82. The number of para-hydroxylation sites is 1. The molecule has 1 heterocycles. The van der Waals surface area contributed by atoms with Crippen LogP contribution in [0.5, 0.6) is 11.5 Å². The normalized spacial score (nSPS) is 11.2. The molecule has 0 unspecified atom stereocenters. The van der Waals surface area contributed by atoms with Crippen LogP contribution in [0.3, 0.4) is 0 Å². The first-order chi connectivity index (χ1) is 12.1. The number of hydrogen-bond donors (Lipinski definition) is 1. The molecule has 2 aromatic carbocycles. The predicted molar refractivity (Wildman–Crippen MR) is 101 cm³/mol. The van der Waals surface area contributed by atoms with E-state index in [0.29, 0.717) is 6.61 Å². The van der Waals surface area contributed by atoms with E-state index < -0.39 is 0 Å². The van der Waals surface area contributed by atoms with Gasteiger partial charge in [-0.3, -0.25) is 0 Å². The van der Waals surface area contributed by atoms with Crippen molar-refractivity contribution in [3.63, 3.8) is 0 Å². The van der Waals surface area contributed by atoms with E-state index in [-0.39, 0.29) is 0 Å². The summed E-state index contributed by atoms with van der Waals surface area (Å²) in [6.45, 7) is 3.68. The van der Waals surface area contributed by atoms with E-state index in [0.717, 1.165) is 46.9 Å². The Labute approximate surface area is 148 Å². The summed E-state index contributed by atoms with van der Waals surface area (Å²) in [4.78, 5) is 10.3. The van der Waals surface area contributed by atoms with Crippen LogP contribution in [0.2, 0.25) is 0 Å². The first-order valence-electron chi connectivity index (χ1n) is 8.50. The molecule has 1 aromatic heterocycles. The van der Waals surface area contributed by atoms with Gasteiger partial charge >= 0.3 is 0 Å². The molecule has 25 heavy (non-hydrogen) atoms. The van der Waals surface area contributed by atoms with Crippen LogP contribution >= 0.6 is 0 Å². The number of hydrogen-bond acceptors (Lipinski definition) is 4. The molecule has 5 heteroatoms. The SMILES string of the molecule is COc1cccc(-c2nc3ccc(C)cc3[nH]2)c1OCCCN(C)C. The second kappa shape index (κ2) is 7.57. The molecule has 0 aliphatic rings. The Morgan fingerprint density at radius 1 is 1.16 bits per heavy atom. The molecule has 1 N–H and O–H groups in total. The number of nitrogens with zero attached hydrogens (tertiary/aromatic N) is 2. The molecule has 0 aliphatic heterocycles. The van der Waals surface area contributed by atoms with Crippen LogP contribution in [0.1, 0.15) is 12.0 Å². The van der Waals surface area contributed by atoms with Crippen LogP contribution < -0.4 is 9.47 Å². The molecule has 0 fully saturated rings. The number of ether oxygens (including phenoxy) is 2. The first kappa shape index (κ1) is 17.3. The zero-order valence-corrected chi connectivity index (χ0v) is 15.3. The molecule has 0 bridgehead atoms. The van der Waals surface area contributed by atoms with E-state index in [9.17, 15) is 0 Å². The summed E-state index contributed by atoms with van der Waals surface area (Å²) in [5.41, 5.74) is 4.09. The number of aryl methyl sites for hydroxylation is 1. The number of methoxy groups -OCH3 is 1. The molecule has 0 atom stereocenters. The van der Waals surface area contributed by atoms with E-state index in [1.807, 2.05) is 24.3 Å². The zero-order chi connectivity index (χ0) is 17.8. The number of H-pyrrole nitrogens is 1. The summed E-state index contributed by atoms with van der Waals surface area (Å²) >= 11 is 0. The summed E-state index contributed by atoms with van der Waals surface area (Å²) in [6, 6.07) is 12.1. The van der Waals surface area contributed by atoms with Gasteiger partial charge < -0.3 is 19.4 Å². The maximum Gasteiger partial charge on any atom is 0.172 e. The van der Waals surface area contributed by atoms with Crippen molar-refractivity contribution in [3.05, 3.63) is 42.0 Å².